The molecule has 0 bridgehead atoms. The molecule has 4 saturated heterocycles. The molecule has 14 N–H and O–H groups in total. The molecule has 21 nitrogen and oxygen atoms in total. The zero-order valence-corrected chi connectivity index (χ0v) is 23.5. The molecule has 0 aliphatic carbocycles. The Kier molecular flexibility index (Phi) is 12.8. The molecule has 20 atom stereocenters. The Bertz CT molecular complexity index is 918. The van der Waals surface area contributed by atoms with Gasteiger partial charge in [-0.3, -0.25) is 0 Å². The van der Waals surface area contributed by atoms with Crippen molar-refractivity contribution in [2.45, 2.75) is 123 Å². The highest BCUT2D eigenvalue weighted by Gasteiger charge is 2.56. The minimum Gasteiger partial charge on any atom is -0.394 e. The summed E-state index contributed by atoms with van der Waals surface area (Å²) in [5, 5.41) is 142. The summed E-state index contributed by atoms with van der Waals surface area (Å²) in [4.78, 5) is 0. The van der Waals surface area contributed by atoms with Crippen molar-refractivity contribution in [1.82, 2.24) is 0 Å². The van der Waals surface area contributed by atoms with E-state index >= 15 is 0 Å². The summed E-state index contributed by atoms with van der Waals surface area (Å²) in [5.74, 6) is 0. The second-order valence-corrected chi connectivity index (χ2v) is 11.1. The van der Waals surface area contributed by atoms with Gasteiger partial charge in [0.05, 0.1) is 26.4 Å². The molecule has 0 unspecified atom stereocenters. The second kappa shape index (κ2) is 15.6. The highest BCUT2D eigenvalue weighted by molar-refractivity contribution is 4.99. The molecule has 264 valence electrons. The molecular weight excluding hydrogens is 624 g/mol. The highest BCUT2D eigenvalue weighted by Crippen LogP contribution is 2.36. The predicted molar refractivity (Wildman–Crippen MR) is 134 cm³/mol. The van der Waals surface area contributed by atoms with Gasteiger partial charge in [-0.1, -0.05) is 0 Å². The Labute approximate surface area is 254 Å². The number of rotatable bonds is 12. The zero-order chi connectivity index (χ0) is 33.3. The molecule has 4 fully saturated rings. The first-order chi connectivity index (χ1) is 21.3. The van der Waals surface area contributed by atoms with Crippen LogP contribution in [0.3, 0.4) is 0 Å². The van der Waals surface area contributed by atoms with Gasteiger partial charge in [0.1, 0.15) is 97.7 Å². The Morgan fingerprint density at radius 1 is 0.444 bits per heavy atom. The van der Waals surface area contributed by atoms with E-state index in [1.807, 2.05) is 0 Å². The molecule has 21 heteroatoms. The summed E-state index contributed by atoms with van der Waals surface area (Å²) in [5.41, 5.74) is 0. The summed E-state index contributed by atoms with van der Waals surface area (Å²) >= 11 is 0. The average Bonchev–Trinajstić information content (AvgIpc) is 3.49. The molecule has 4 aliphatic heterocycles. The molecule has 0 amide bonds. The standard InChI is InChI=1S/C24H42O21/c25-1-5(29)16-11(33)12(34)22(41-16)44-19-10(32)8(4-28)40-23(14(19)36)45-20-15(37)24(42-17(20)6(30)2-26)43-18-9(31)7(3-27)39-21(38)13(18)35/h5-38H,1-4H2/t5-,6-,7-,8-,9+,10+,11-,12-,13-,14-,15-,16+,17+,18+,19+,20-,21+,22+,23-,24+/m1/s1. The molecule has 0 aromatic rings. The first-order valence-corrected chi connectivity index (χ1v) is 14.1. The summed E-state index contributed by atoms with van der Waals surface area (Å²) in [7, 11) is 0. The van der Waals surface area contributed by atoms with Crippen LogP contribution in [0.4, 0.5) is 0 Å². The van der Waals surface area contributed by atoms with E-state index in [-0.39, 0.29) is 0 Å². The van der Waals surface area contributed by atoms with E-state index in [1.54, 1.807) is 0 Å². The van der Waals surface area contributed by atoms with E-state index in [0.717, 1.165) is 0 Å². The van der Waals surface area contributed by atoms with Crippen LogP contribution in [0.5, 0.6) is 0 Å². The molecule has 0 radical (unpaired) electrons. The topological polar surface area (TPSA) is 348 Å². The highest BCUT2D eigenvalue weighted by atomic mass is 16.8. The average molecular weight is 667 g/mol. The van der Waals surface area contributed by atoms with Gasteiger partial charge in [0, 0.05) is 0 Å². The summed E-state index contributed by atoms with van der Waals surface area (Å²) in [6.07, 6.45) is -35.2. The number of hydrogen-bond acceptors (Lipinski definition) is 21. The Hall–Kier alpha value is -0.840. The molecule has 4 heterocycles. The molecule has 0 aromatic carbocycles. The van der Waals surface area contributed by atoms with E-state index in [0.29, 0.717) is 0 Å². The summed E-state index contributed by atoms with van der Waals surface area (Å²) < 4.78 is 37.7. The molecule has 0 spiro atoms. The second-order valence-electron chi connectivity index (χ2n) is 11.1. The molecule has 0 saturated carbocycles. The van der Waals surface area contributed by atoms with E-state index in [9.17, 15) is 66.4 Å². The molecule has 0 aromatic heterocycles. The number of ether oxygens (including phenoxy) is 7. The van der Waals surface area contributed by atoms with Crippen LogP contribution >= 0.6 is 0 Å². The van der Waals surface area contributed by atoms with Gasteiger partial charge in [0.15, 0.2) is 25.2 Å². The van der Waals surface area contributed by atoms with Crippen LogP contribution in [0.1, 0.15) is 0 Å². The van der Waals surface area contributed by atoms with Crippen molar-refractivity contribution in [1.29, 1.82) is 0 Å². The van der Waals surface area contributed by atoms with Crippen LogP contribution < -0.4 is 0 Å². The van der Waals surface area contributed by atoms with Gasteiger partial charge in [0.2, 0.25) is 0 Å². The lowest BCUT2D eigenvalue weighted by Gasteiger charge is -2.44. The molecular formula is C24H42O21. The molecule has 4 rings (SSSR count). The fourth-order valence-corrected chi connectivity index (χ4v) is 5.57. The summed E-state index contributed by atoms with van der Waals surface area (Å²) in [6, 6.07) is 0. The normalized spacial score (nSPS) is 50.5. The lowest BCUT2D eigenvalue weighted by atomic mass is 9.98. The summed E-state index contributed by atoms with van der Waals surface area (Å²) in [6.45, 7) is -3.48. The quantitative estimate of drug-likeness (QED) is 0.0919. The number of aliphatic hydroxyl groups excluding tert-OH is 14. The maximum absolute atomic E-state index is 11.1. The van der Waals surface area contributed by atoms with Gasteiger partial charge in [-0.25, -0.2) is 0 Å². The molecule has 4 aliphatic rings. The maximum Gasteiger partial charge on any atom is 0.187 e. The van der Waals surface area contributed by atoms with Crippen LogP contribution in [0, 0.1) is 0 Å². The van der Waals surface area contributed by atoms with Gasteiger partial charge in [-0.15, -0.1) is 0 Å². The minimum atomic E-state index is -2.02. The van der Waals surface area contributed by atoms with Crippen LogP contribution in [0.15, 0.2) is 0 Å². The first-order valence-electron chi connectivity index (χ1n) is 14.1. The minimum absolute atomic E-state index is 0.793. The Morgan fingerprint density at radius 3 is 1.42 bits per heavy atom. The van der Waals surface area contributed by atoms with E-state index in [2.05, 4.69) is 0 Å². The van der Waals surface area contributed by atoms with Gasteiger partial charge in [0.25, 0.3) is 0 Å². The SMILES string of the molecule is OC[C@@H](O)[C@@H]1O[C@@H](O[C@H]2[C@@H](O)[C@@H](CO)O[C@H](O[C@@H]3[C@@H](O)[C@H](O[C@@H]4[C@@H](O)[C@@H](O)O[C@H](CO)[C@@H]4O)O[C@H]3[C@H](O)CO)[C@@H]2O)[C@H](O)[C@H]1O. The van der Waals surface area contributed by atoms with Crippen LogP contribution in [-0.4, -0.2) is 221 Å². The molecule has 45 heavy (non-hydrogen) atoms. The zero-order valence-electron chi connectivity index (χ0n) is 23.5. The van der Waals surface area contributed by atoms with Crippen molar-refractivity contribution >= 4 is 0 Å². The fourth-order valence-electron chi connectivity index (χ4n) is 5.57. The van der Waals surface area contributed by atoms with Gasteiger partial charge < -0.3 is 105 Å². The predicted octanol–water partition coefficient (Wildman–Crippen LogP) is -9.75. The monoisotopic (exact) mass is 666 g/mol. The maximum atomic E-state index is 11.1. The van der Waals surface area contributed by atoms with Crippen molar-refractivity contribution in [2.75, 3.05) is 26.4 Å². The van der Waals surface area contributed by atoms with Crippen molar-refractivity contribution < 1.29 is 105 Å². The third kappa shape index (κ3) is 7.44. The van der Waals surface area contributed by atoms with E-state index < -0.39 is 149 Å². The lowest BCUT2D eigenvalue weighted by Crippen LogP contribution is -2.62. The van der Waals surface area contributed by atoms with E-state index in [1.165, 1.54) is 0 Å². The third-order valence-corrected chi connectivity index (χ3v) is 8.16. The van der Waals surface area contributed by atoms with Gasteiger partial charge >= 0.3 is 0 Å². The van der Waals surface area contributed by atoms with Crippen molar-refractivity contribution in [3.05, 3.63) is 0 Å². The largest absolute Gasteiger partial charge is 0.394 e. The van der Waals surface area contributed by atoms with Crippen molar-refractivity contribution in [2.24, 2.45) is 0 Å². The van der Waals surface area contributed by atoms with Gasteiger partial charge in [-0.2, -0.15) is 0 Å². The first kappa shape index (κ1) is 37.0. The van der Waals surface area contributed by atoms with E-state index in [4.69, 9.17) is 38.3 Å². The van der Waals surface area contributed by atoms with Crippen LogP contribution in [0.2, 0.25) is 0 Å². The Morgan fingerprint density at radius 2 is 0.867 bits per heavy atom. The van der Waals surface area contributed by atoms with Crippen LogP contribution in [0.25, 0.3) is 0 Å². The number of hydrogen-bond donors (Lipinski definition) is 14. The van der Waals surface area contributed by atoms with Crippen molar-refractivity contribution in [3.8, 4) is 0 Å². The van der Waals surface area contributed by atoms with Crippen molar-refractivity contribution in [3.63, 3.8) is 0 Å². The lowest BCUT2D eigenvalue weighted by molar-refractivity contribution is -0.343. The third-order valence-electron chi connectivity index (χ3n) is 8.16. The Balaban J connectivity index is 1.51. The fraction of sp³-hybridized carbons (Fsp3) is 1.00. The number of aliphatic hydroxyl groups is 14. The smallest absolute Gasteiger partial charge is 0.187 e. The van der Waals surface area contributed by atoms with Crippen LogP contribution in [-0.2, 0) is 33.2 Å². The van der Waals surface area contributed by atoms with Gasteiger partial charge in [-0.05, 0) is 0 Å².